The number of fused-ring (bicyclic) bond motifs is 1. The van der Waals surface area contributed by atoms with Gasteiger partial charge in [-0.25, -0.2) is 12.7 Å². The molecule has 0 spiro atoms. The molecule has 7 heteroatoms. The minimum Gasteiger partial charge on any atom is -0.311 e. The summed E-state index contributed by atoms with van der Waals surface area (Å²) in [6.45, 7) is 6.98. The van der Waals surface area contributed by atoms with Crippen LogP contribution >= 0.6 is 0 Å². The number of nitrogens with zero attached hydrogens (tertiary/aromatic N) is 2. The maximum atomic E-state index is 12.5. The van der Waals surface area contributed by atoms with Crippen molar-refractivity contribution >= 4 is 21.6 Å². The van der Waals surface area contributed by atoms with Gasteiger partial charge in [-0.1, -0.05) is 0 Å². The number of hydrogen-bond donors (Lipinski definition) is 1. The Morgan fingerprint density at radius 2 is 1.96 bits per heavy atom. The van der Waals surface area contributed by atoms with Crippen molar-refractivity contribution in [1.29, 1.82) is 0 Å². The third-order valence-corrected chi connectivity index (χ3v) is 5.83. The highest BCUT2D eigenvalue weighted by Crippen LogP contribution is 2.30. The molecule has 1 N–H and O–H groups in total. The van der Waals surface area contributed by atoms with E-state index in [9.17, 15) is 13.2 Å². The first kappa shape index (κ1) is 18.9. The van der Waals surface area contributed by atoms with Gasteiger partial charge in [0, 0.05) is 31.9 Å². The average molecular weight is 353 g/mol. The largest absolute Gasteiger partial charge is 0.311 e. The number of benzene rings is 1. The Hall–Kier alpha value is -1.44. The lowest BCUT2D eigenvalue weighted by atomic mass is 10.0. The summed E-state index contributed by atoms with van der Waals surface area (Å²) >= 11 is 0. The smallest absolute Gasteiger partial charge is 0.242 e. The molecule has 6 nitrogen and oxygen atoms in total. The fourth-order valence-electron chi connectivity index (χ4n) is 2.64. The van der Waals surface area contributed by atoms with Crippen LogP contribution in [-0.4, -0.2) is 51.4 Å². The molecule has 0 saturated heterocycles. The summed E-state index contributed by atoms with van der Waals surface area (Å²) in [6, 6.07) is 5.03. The van der Waals surface area contributed by atoms with Gasteiger partial charge < -0.3 is 10.2 Å². The molecule has 0 aliphatic carbocycles. The van der Waals surface area contributed by atoms with E-state index in [2.05, 4.69) is 5.32 Å². The van der Waals surface area contributed by atoms with Crippen LogP contribution in [0.3, 0.4) is 0 Å². The zero-order chi connectivity index (χ0) is 18.1. The molecule has 2 rings (SSSR count). The van der Waals surface area contributed by atoms with Crippen molar-refractivity contribution in [2.24, 2.45) is 0 Å². The van der Waals surface area contributed by atoms with Gasteiger partial charge in [0.15, 0.2) is 0 Å². The van der Waals surface area contributed by atoms with Crippen LogP contribution in [0.4, 0.5) is 5.69 Å². The van der Waals surface area contributed by atoms with Crippen LogP contribution in [0.2, 0.25) is 0 Å². The van der Waals surface area contributed by atoms with E-state index in [1.54, 1.807) is 23.1 Å². The van der Waals surface area contributed by atoms with E-state index in [-0.39, 0.29) is 22.9 Å². The summed E-state index contributed by atoms with van der Waals surface area (Å²) in [5, 5.41) is 3.21. The van der Waals surface area contributed by atoms with Crippen LogP contribution in [0.25, 0.3) is 0 Å². The molecule has 134 valence electrons. The van der Waals surface area contributed by atoms with E-state index in [1.165, 1.54) is 18.4 Å². The Balaban J connectivity index is 2.27. The number of sulfonamides is 1. The van der Waals surface area contributed by atoms with Crippen LogP contribution < -0.4 is 10.2 Å². The molecule has 1 aromatic carbocycles. The van der Waals surface area contributed by atoms with Gasteiger partial charge in [0.25, 0.3) is 0 Å². The molecule has 0 saturated carbocycles. The summed E-state index contributed by atoms with van der Waals surface area (Å²) in [5.74, 6) is 0.00842. The van der Waals surface area contributed by atoms with E-state index in [0.717, 1.165) is 24.1 Å². The van der Waals surface area contributed by atoms with Gasteiger partial charge >= 0.3 is 0 Å². The molecule has 0 radical (unpaired) electrons. The van der Waals surface area contributed by atoms with Gasteiger partial charge in [0.1, 0.15) is 0 Å². The molecule has 1 aromatic rings. The molecule has 0 atom stereocenters. The maximum Gasteiger partial charge on any atom is 0.242 e. The minimum atomic E-state index is -3.46. The van der Waals surface area contributed by atoms with Crippen LogP contribution in [0, 0.1) is 0 Å². The first-order chi connectivity index (χ1) is 11.0. The second kappa shape index (κ2) is 6.82. The molecule has 0 fully saturated rings. The SMILES string of the molecule is CN(C)S(=O)(=O)c1ccc2c(c1)CCCN2C(=O)CNC(C)(C)C. The van der Waals surface area contributed by atoms with E-state index in [1.807, 2.05) is 20.8 Å². The summed E-state index contributed by atoms with van der Waals surface area (Å²) in [5.41, 5.74) is 1.60. The van der Waals surface area contributed by atoms with Gasteiger partial charge in [0.05, 0.1) is 11.4 Å². The Bertz CT molecular complexity index is 721. The summed E-state index contributed by atoms with van der Waals surface area (Å²) in [6.07, 6.45) is 1.61. The third kappa shape index (κ3) is 4.15. The van der Waals surface area contributed by atoms with E-state index in [4.69, 9.17) is 0 Å². The molecule has 0 bridgehead atoms. The van der Waals surface area contributed by atoms with Gasteiger partial charge in [-0.15, -0.1) is 0 Å². The zero-order valence-corrected chi connectivity index (χ0v) is 15.9. The highest BCUT2D eigenvalue weighted by molar-refractivity contribution is 7.89. The first-order valence-corrected chi connectivity index (χ1v) is 9.57. The number of amides is 1. The highest BCUT2D eigenvalue weighted by Gasteiger charge is 2.26. The number of carbonyl (C=O) groups is 1. The van der Waals surface area contributed by atoms with Crippen LogP contribution in [0.5, 0.6) is 0 Å². The van der Waals surface area contributed by atoms with Crippen molar-refractivity contribution < 1.29 is 13.2 Å². The number of nitrogens with one attached hydrogen (secondary N) is 1. The lowest BCUT2D eigenvalue weighted by Gasteiger charge is -2.31. The highest BCUT2D eigenvalue weighted by atomic mass is 32.2. The molecule has 1 heterocycles. The third-order valence-electron chi connectivity index (χ3n) is 4.02. The van der Waals surface area contributed by atoms with Crippen molar-refractivity contribution in [2.45, 2.75) is 44.0 Å². The molecule has 1 aliphatic heterocycles. The number of aryl methyl sites for hydroxylation is 1. The second-order valence-electron chi connectivity index (χ2n) is 7.33. The summed E-state index contributed by atoms with van der Waals surface area (Å²) < 4.78 is 25.8. The van der Waals surface area contributed by atoms with Crippen LogP contribution in [0.1, 0.15) is 32.8 Å². The van der Waals surface area contributed by atoms with Crippen molar-refractivity contribution in [3.05, 3.63) is 23.8 Å². The zero-order valence-electron chi connectivity index (χ0n) is 15.1. The first-order valence-electron chi connectivity index (χ1n) is 8.13. The van der Waals surface area contributed by atoms with Gasteiger partial charge in [0.2, 0.25) is 15.9 Å². The molecule has 1 amide bonds. The monoisotopic (exact) mass is 353 g/mol. The van der Waals surface area contributed by atoms with Crippen molar-refractivity contribution in [3.8, 4) is 0 Å². The minimum absolute atomic E-state index is 0.00842. The topological polar surface area (TPSA) is 69.7 Å². The van der Waals surface area contributed by atoms with Crippen LogP contribution in [0.15, 0.2) is 23.1 Å². The van der Waals surface area contributed by atoms with Crippen molar-refractivity contribution in [2.75, 3.05) is 32.1 Å². The normalized spacial score (nSPS) is 15.5. The number of rotatable bonds is 4. The number of hydrogen-bond acceptors (Lipinski definition) is 4. The molecule has 0 aromatic heterocycles. The summed E-state index contributed by atoms with van der Waals surface area (Å²) in [7, 11) is -0.427. The molecular formula is C17H27N3O3S. The fourth-order valence-corrected chi connectivity index (χ4v) is 3.59. The van der Waals surface area contributed by atoms with E-state index < -0.39 is 10.0 Å². The number of carbonyl (C=O) groups excluding carboxylic acids is 1. The molecule has 0 unspecified atom stereocenters. The number of anilines is 1. The molecule has 24 heavy (non-hydrogen) atoms. The predicted octanol–water partition coefficient (Wildman–Crippen LogP) is 1.60. The quantitative estimate of drug-likeness (QED) is 0.893. The molecule has 1 aliphatic rings. The average Bonchev–Trinajstić information content (AvgIpc) is 2.50. The van der Waals surface area contributed by atoms with Crippen LogP contribution in [-0.2, 0) is 21.2 Å². The maximum absolute atomic E-state index is 12.5. The Kier molecular flexibility index (Phi) is 5.37. The van der Waals surface area contributed by atoms with E-state index >= 15 is 0 Å². The lowest BCUT2D eigenvalue weighted by molar-refractivity contribution is -0.118. The van der Waals surface area contributed by atoms with Gasteiger partial charge in [-0.05, 0) is 57.4 Å². The molecular weight excluding hydrogens is 326 g/mol. The van der Waals surface area contributed by atoms with Gasteiger partial charge in [-0.2, -0.15) is 0 Å². The Labute approximate surface area is 144 Å². The van der Waals surface area contributed by atoms with Crippen molar-refractivity contribution in [3.63, 3.8) is 0 Å². The van der Waals surface area contributed by atoms with E-state index in [0.29, 0.717) is 6.54 Å². The predicted molar refractivity (Wildman–Crippen MR) is 95.7 cm³/mol. The van der Waals surface area contributed by atoms with Gasteiger partial charge in [-0.3, -0.25) is 4.79 Å². The Morgan fingerprint density at radius 1 is 1.29 bits per heavy atom. The summed E-state index contributed by atoms with van der Waals surface area (Å²) in [4.78, 5) is 14.6. The van der Waals surface area contributed by atoms with Crippen molar-refractivity contribution in [1.82, 2.24) is 9.62 Å². The Morgan fingerprint density at radius 3 is 2.54 bits per heavy atom. The second-order valence-corrected chi connectivity index (χ2v) is 9.48. The fraction of sp³-hybridized carbons (Fsp3) is 0.588. The lowest BCUT2D eigenvalue weighted by Crippen LogP contribution is -2.46. The standard InChI is InChI=1S/C17H27N3O3S/c1-17(2,3)18-12-16(21)20-10-6-7-13-11-14(8-9-15(13)20)24(22,23)19(4)5/h8-9,11,18H,6-7,10,12H2,1-5H3.